The summed E-state index contributed by atoms with van der Waals surface area (Å²) < 4.78 is 0. The molecule has 0 aromatic heterocycles. The SMILES string of the molecule is Cc1cc(C(C)(C)C)cc(C)c1CCN(C)CCN. The molecule has 0 saturated carbocycles. The van der Waals surface area contributed by atoms with E-state index in [4.69, 9.17) is 5.73 Å². The van der Waals surface area contributed by atoms with Gasteiger partial charge in [-0.3, -0.25) is 0 Å². The Bertz CT molecular complexity index is 393. The van der Waals surface area contributed by atoms with Crippen LogP contribution in [0.4, 0.5) is 0 Å². The highest BCUT2D eigenvalue weighted by Crippen LogP contribution is 2.27. The maximum atomic E-state index is 5.58. The molecular formula is C17H30N2. The number of hydrogen-bond donors (Lipinski definition) is 1. The first-order valence-electron chi connectivity index (χ1n) is 7.25. The normalized spacial score (nSPS) is 12.2. The van der Waals surface area contributed by atoms with E-state index in [-0.39, 0.29) is 5.41 Å². The van der Waals surface area contributed by atoms with Crippen molar-refractivity contribution in [1.82, 2.24) is 4.90 Å². The molecule has 1 aromatic rings. The van der Waals surface area contributed by atoms with Crippen molar-refractivity contribution in [3.8, 4) is 0 Å². The standard InChI is InChI=1S/C17H30N2/c1-13-11-15(17(3,4)5)12-14(2)16(13)7-9-19(6)10-8-18/h11-12H,7-10,18H2,1-6H3. The average molecular weight is 262 g/mol. The lowest BCUT2D eigenvalue weighted by atomic mass is 9.83. The van der Waals surface area contributed by atoms with Crippen molar-refractivity contribution in [3.05, 3.63) is 34.4 Å². The lowest BCUT2D eigenvalue weighted by molar-refractivity contribution is 0.347. The Morgan fingerprint density at radius 2 is 1.58 bits per heavy atom. The molecule has 0 aliphatic rings. The highest BCUT2D eigenvalue weighted by Gasteiger charge is 2.16. The van der Waals surface area contributed by atoms with E-state index in [0.29, 0.717) is 0 Å². The summed E-state index contributed by atoms with van der Waals surface area (Å²) in [6.07, 6.45) is 1.11. The molecule has 0 aliphatic heterocycles. The summed E-state index contributed by atoms with van der Waals surface area (Å²) in [7, 11) is 2.14. The van der Waals surface area contributed by atoms with E-state index >= 15 is 0 Å². The second-order valence-corrected chi connectivity index (χ2v) is 6.68. The summed E-state index contributed by atoms with van der Waals surface area (Å²) in [5.41, 5.74) is 11.6. The van der Waals surface area contributed by atoms with Crippen LogP contribution in [0.1, 0.15) is 43.0 Å². The molecule has 0 unspecified atom stereocenters. The van der Waals surface area contributed by atoms with Crippen LogP contribution < -0.4 is 5.73 Å². The van der Waals surface area contributed by atoms with Crippen LogP contribution in [0, 0.1) is 13.8 Å². The average Bonchev–Trinajstić information content (AvgIpc) is 2.26. The fourth-order valence-electron chi connectivity index (χ4n) is 2.46. The van der Waals surface area contributed by atoms with E-state index in [1.807, 2.05) is 0 Å². The van der Waals surface area contributed by atoms with E-state index in [1.165, 1.54) is 22.3 Å². The van der Waals surface area contributed by atoms with E-state index in [1.54, 1.807) is 0 Å². The van der Waals surface area contributed by atoms with Gasteiger partial charge in [-0.25, -0.2) is 0 Å². The number of nitrogens with two attached hydrogens (primary N) is 1. The highest BCUT2D eigenvalue weighted by molar-refractivity contribution is 5.40. The Labute approximate surface area is 119 Å². The van der Waals surface area contributed by atoms with Crippen molar-refractivity contribution in [2.75, 3.05) is 26.7 Å². The minimum Gasteiger partial charge on any atom is -0.329 e. The van der Waals surface area contributed by atoms with Crippen LogP contribution in [0.2, 0.25) is 0 Å². The molecule has 1 aromatic carbocycles. The van der Waals surface area contributed by atoms with Gasteiger partial charge in [0.15, 0.2) is 0 Å². The monoisotopic (exact) mass is 262 g/mol. The van der Waals surface area contributed by atoms with E-state index in [2.05, 4.69) is 58.7 Å². The number of rotatable bonds is 5. The first-order chi connectivity index (χ1) is 8.75. The molecule has 0 aliphatic carbocycles. The summed E-state index contributed by atoms with van der Waals surface area (Å²) >= 11 is 0. The van der Waals surface area contributed by atoms with E-state index < -0.39 is 0 Å². The predicted molar refractivity (Wildman–Crippen MR) is 84.9 cm³/mol. The molecule has 0 radical (unpaired) electrons. The fraction of sp³-hybridized carbons (Fsp3) is 0.647. The van der Waals surface area contributed by atoms with E-state index in [0.717, 1.165) is 26.1 Å². The van der Waals surface area contributed by atoms with Crippen LogP contribution in [0.5, 0.6) is 0 Å². The molecule has 2 N–H and O–H groups in total. The van der Waals surface area contributed by atoms with Crippen LogP contribution >= 0.6 is 0 Å². The predicted octanol–water partition coefficient (Wildman–Crippen LogP) is 3.03. The van der Waals surface area contributed by atoms with Crippen LogP contribution in [-0.4, -0.2) is 31.6 Å². The maximum Gasteiger partial charge on any atom is 0.0102 e. The first kappa shape index (κ1) is 16.2. The number of aryl methyl sites for hydroxylation is 2. The molecule has 2 heteroatoms. The van der Waals surface area contributed by atoms with Crippen molar-refractivity contribution in [2.24, 2.45) is 5.73 Å². The van der Waals surface area contributed by atoms with Gasteiger partial charge in [-0.2, -0.15) is 0 Å². The minimum absolute atomic E-state index is 0.227. The molecule has 108 valence electrons. The third-order valence-electron chi connectivity index (χ3n) is 3.82. The van der Waals surface area contributed by atoms with Gasteiger partial charge in [-0.1, -0.05) is 32.9 Å². The van der Waals surface area contributed by atoms with Gasteiger partial charge < -0.3 is 10.6 Å². The summed E-state index contributed by atoms with van der Waals surface area (Å²) in [4.78, 5) is 2.30. The largest absolute Gasteiger partial charge is 0.329 e. The fourth-order valence-corrected chi connectivity index (χ4v) is 2.46. The lowest BCUT2D eigenvalue weighted by Crippen LogP contribution is -2.27. The Hall–Kier alpha value is -0.860. The number of likely N-dealkylation sites (N-methyl/N-ethyl adjacent to an activating group) is 1. The third kappa shape index (κ3) is 4.63. The van der Waals surface area contributed by atoms with Gasteiger partial charge in [0, 0.05) is 19.6 Å². The summed E-state index contributed by atoms with van der Waals surface area (Å²) in [5.74, 6) is 0. The Balaban J connectivity index is 2.86. The molecule has 2 nitrogen and oxygen atoms in total. The van der Waals surface area contributed by atoms with Crippen molar-refractivity contribution in [2.45, 2.75) is 46.5 Å². The van der Waals surface area contributed by atoms with Gasteiger partial charge in [0.1, 0.15) is 0 Å². The molecule has 0 saturated heterocycles. The Morgan fingerprint density at radius 3 is 2.00 bits per heavy atom. The molecule has 0 spiro atoms. The van der Waals surface area contributed by atoms with Crippen LogP contribution in [0.15, 0.2) is 12.1 Å². The quantitative estimate of drug-likeness (QED) is 0.884. The zero-order valence-electron chi connectivity index (χ0n) is 13.5. The smallest absolute Gasteiger partial charge is 0.0102 e. The van der Waals surface area contributed by atoms with Gasteiger partial charge in [0.25, 0.3) is 0 Å². The summed E-state index contributed by atoms with van der Waals surface area (Å²) in [5, 5.41) is 0. The molecule has 0 bridgehead atoms. The van der Waals surface area contributed by atoms with Crippen molar-refractivity contribution in [3.63, 3.8) is 0 Å². The second kappa shape index (κ2) is 6.53. The van der Waals surface area contributed by atoms with Crippen LogP contribution in [0.3, 0.4) is 0 Å². The summed E-state index contributed by atoms with van der Waals surface area (Å²) in [6, 6.07) is 4.70. The Morgan fingerprint density at radius 1 is 1.05 bits per heavy atom. The zero-order valence-corrected chi connectivity index (χ0v) is 13.5. The third-order valence-corrected chi connectivity index (χ3v) is 3.82. The molecule has 0 atom stereocenters. The highest BCUT2D eigenvalue weighted by atomic mass is 15.1. The number of benzene rings is 1. The topological polar surface area (TPSA) is 29.3 Å². The van der Waals surface area contributed by atoms with Gasteiger partial charge >= 0.3 is 0 Å². The lowest BCUT2D eigenvalue weighted by Gasteiger charge is -2.23. The zero-order chi connectivity index (χ0) is 14.6. The number of nitrogens with zero attached hydrogens (tertiary/aromatic N) is 1. The Kier molecular flexibility index (Phi) is 5.57. The molecule has 19 heavy (non-hydrogen) atoms. The molecular weight excluding hydrogens is 232 g/mol. The van der Waals surface area contributed by atoms with Gasteiger partial charge in [0.05, 0.1) is 0 Å². The van der Waals surface area contributed by atoms with Gasteiger partial charge in [0.2, 0.25) is 0 Å². The summed E-state index contributed by atoms with van der Waals surface area (Å²) in [6.45, 7) is 14.1. The van der Waals surface area contributed by atoms with E-state index in [9.17, 15) is 0 Å². The van der Waals surface area contributed by atoms with Crippen molar-refractivity contribution in [1.29, 1.82) is 0 Å². The van der Waals surface area contributed by atoms with Crippen molar-refractivity contribution >= 4 is 0 Å². The van der Waals surface area contributed by atoms with Gasteiger partial charge in [-0.05, 0) is 55.0 Å². The molecule has 0 amide bonds. The molecule has 1 rings (SSSR count). The van der Waals surface area contributed by atoms with Crippen LogP contribution in [0.25, 0.3) is 0 Å². The van der Waals surface area contributed by atoms with Gasteiger partial charge in [-0.15, -0.1) is 0 Å². The van der Waals surface area contributed by atoms with Crippen LogP contribution in [-0.2, 0) is 11.8 Å². The molecule has 0 heterocycles. The maximum absolute atomic E-state index is 5.58. The van der Waals surface area contributed by atoms with Crippen molar-refractivity contribution < 1.29 is 0 Å². The first-order valence-corrected chi connectivity index (χ1v) is 7.25. The number of hydrogen-bond acceptors (Lipinski definition) is 2. The second-order valence-electron chi connectivity index (χ2n) is 6.68. The molecule has 0 fully saturated rings. The minimum atomic E-state index is 0.227.